The smallest absolute Gasteiger partial charge is 0.244 e. The number of ether oxygens (including phenoxy) is 2. The van der Waals surface area contributed by atoms with Gasteiger partial charge in [-0.05, 0) is 37.6 Å². The molecule has 2 rings (SSSR count). The average molecular weight is 399 g/mol. The van der Waals surface area contributed by atoms with Crippen molar-refractivity contribution in [2.24, 2.45) is 0 Å². The van der Waals surface area contributed by atoms with Crippen LogP contribution in [0.15, 0.2) is 41.5 Å². The Morgan fingerprint density at radius 3 is 2.55 bits per heavy atom. The molecular formula is C22H29N3O4. The number of methoxy groups -OCH3 is 1. The molecule has 0 aliphatic heterocycles. The number of hydrogen-bond donors (Lipinski definition) is 1. The first kappa shape index (κ1) is 22.2. The van der Waals surface area contributed by atoms with Gasteiger partial charge in [0.1, 0.15) is 6.61 Å². The van der Waals surface area contributed by atoms with Crippen LogP contribution in [0.25, 0.3) is 6.08 Å². The molecule has 1 amide bonds. The van der Waals surface area contributed by atoms with Crippen molar-refractivity contribution in [3.05, 3.63) is 54.2 Å². The summed E-state index contributed by atoms with van der Waals surface area (Å²) in [5.74, 6) is 1.87. The standard InChI is InChI=1S/C22H29N3O4/c1-8-13-28-16-11-9-15(14-17(16)27-7)10-12-18(26)24-22(5,6)19-23-20(29-25-19)21(2,3)4/h8-12,14H,1,13H2,2-7H3,(H,24,26)/b12-10+. The highest BCUT2D eigenvalue weighted by atomic mass is 16.5. The molecule has 2 aromatic rings. The molecule has 1 aromatic heterocycles. The molecule has 29 heavy (non-hydrogen) atoms. The van der Waals surface area contributed by atoms with E-state index in [2.05, 4.69) is 22.0 Å². The third kappa shape index (κ3) is 5.94. The number of aromatic nitrogens is 2. The number of nitrogens with zero attached hydrogens (tertiary/aromatic N) is 2. The molecule has 0 unspecified atom stereocenters. The Kier molecular flexibility index (Phi) is 6.84. The molecule has 0 saturated heterocycles. The number of hydrogen-bond acceptors (Lipinski definition) is 6. The van der Waals surface area contributed by atoms with Gasteiger partial charge in [0.2, 0.25) is 11.8 Å². The van der Waals surface area contributed by atoms with Crippen LogP contribution in [0.1, 0.15) is 51.9 Å². The number of benzene rings is 1. The zero-order chi connectivity index (χ0) is 21.7. The van der Waals surface area contributed by atoms with Gasteiger partial charge in [-0.3, -0.25) is 4.79 Å². The van der Waals surface area contributed by atoms with Gasteiger partial charge in [0.05, 0.1) is 12.6 Å². The van der Waals surface area contributed by atoms with Gasteiger partial charge in [0.25, 0.3) is 0 Å². The largest absolute Gasteiger partial charge is 0.493 e. The van der Waals surface area contributed by atoms with Crippen molar-refractivity contribution in [2.75, 3.05) is 13.7 Å². The lowest BCUT2D eigenvalue weighted by atomic mass is 9.97. The predicted octanol–water partition coefficient (Wildman–Crippen LogP) is 4.01. The Labute approximate surface area is 171 Å². The lowest BCUT2D eigenvalue weighted by Crippen LogP contribution is -2.41. The van der Waals surface area contributed by atoms with Gasteiger partial charge in [-0.15, -0.1) is 0 Å². The van der Waals surface area contributed by atoms with E-state index < -0.39 is 5.54 Å². The fourth-order valence-electron chi connectivity index (χ4n) is 2.42. The van der Waals surface area contributed by atoms with Gasteiger partial charge in [-0.25, -0.2) is 0 Å². The van der Waals surface area contributed by atoms with Crippen LogP contribution in [-0.4, -0.2) is 29.8 Å². The van der Waals surface area contributed by atoms with Crippen molar-refractivity contribution >= 4 is 12.0 Å². The lowest BCUT2D eigenvalue weighted by Gasteiger charge is -2.21. The summed E-state index contributed by atoms with van der Waals surface area (Å²) in [5, 5.41) is 6.92. The first-order valence-corrected chi connectivity index (χ1v) is 9.33. The first-order valence-electron chi connectivity index (χ1n) is 9.33. The third-order valence-corrected chi connectivity index (χ3v) is 4.03. The maximum Gasteiger partial charge on any atom is 0.244 e. The molecule has 1 heterocycles. The topological polar surface area (TPSA) is 86.5 Å². The van der Waals surface area contributed by atoms with Crippen molar-refractivity contribution in [3.63, 3.8) is 0 Å². The molecule has 7 nitrogen and oxygen atoms in total. The van der Waals surface area contributed by atoms with Gasteiger partial charge >= 0.3 is 0 Å². The second-order valence-corrected chi connectivity index (χ2v) is 8.13. The van der Waals surface area contributed by atoms with E-state index in [4.69, 9.17) is 14.0 Å². The molecule has 0 spiro atoms. The maximum atomic E-state index is 12.4. The summed E-state index contributed by atoms with van der Waals surface area (Å²) in [5.41, 5.74) is -0.240. The fraction of sp³-hybridized carbons (Fsp3) is 0.409. The highest BCUT2D eigenvalue weighted by molar-refractivity contribution is 5.92. The second-order valence-electron chi connectivity index (χ2n) is 8.13. The third-order valence-electron chi connectivity index (χ3n) is 4.03. The van der Waals surface area contributed by atoms with Crippen LogP contribution >= 0.6 is 0 Å². The predicted molar refractivity (Wildman–Crippen MR) is 112 cm³/mol. The van der Waals surface area contributed by atoms with E-state index >= 15 is 0 Å². The minimum absolute atomic E-state index is 0.258. The summed E-state index contributed by atoms with van der Waals surface area (Å²) in [6.07, 6.45) is 4.81. The van der Waals surface area contributed by atoms with Crippen LogP contribution in [0.2, 0.25) is 0 Å². The van der Waals surface area contributed by atoms with Crippen LogP contribution in [0.3, 0.4) is 0 Å². The van der Waals surface area contributed by atoms with E-state index in [0.717, 1.165) is 5.56 Å². The molecule has 0 fully saturated rings. The molecule has 0 radical (unpaired) electrons. The fourth-order valence-corrected chi connectivity index (χ4v) is 2.42. The molecule has 1 aromatic carbocycles. The average Bonchev–Trinajstić information content (AvgIpc) is 3.16. The van der Waals surface area contributed by atoms with Crippen molar-refractivity contribution < 1.29 is 18.8 Å². The number of carbonyl (C=O) groups excluding carboxylic acids is 1. The minimum atomic E-state index is -0.783. The molecule has 7 heteroatoms. The Hall–Kier alpha value is -3.09. The maximum absolute atomic E-state index is 12.4. The summed E-state index contributed by atoms with van der Waals surface area (Å²) in [6, 6.07) is 5.42. The van der Waals surface area contributed by atoms with Crippen LogP contribution < -0.4 is 14.8 Å². The summed E-state index contributed by atoms with van der Waals surface area (Å²) in [4.78, 5) is 16.8. The highest BCUT2D eigenvalue weighted by Crippen LogP contribution is 2.28. The lowest BCUT2D eigenvalue weighted by molar-refractivity contribution is -0.118. The van der Waals surface area contributed by atoms with Gasteiger partial charge in [-0.2, -0.15) is 4.98 Å². The van der Waals surface area contributed by atoms with Crippen molar-refractivity contribution in [1.82, 2.24) is 15.5 Å². The van der Waals surface area contributed by atoms with Crippen molar-refractivity contribution in [3.8, 4) is 11.5 Å². The zero-order valence-corrected chi connectivity index (χ0v) is 17.9. The van der Waals surface area contributed by atoms with Crippen LogP contribution in [0, 0.1) is 0 Å². The molecule has 0 bridgehead atoms. The quantitative estimate of drug-likeness (QED) is 0.533. The van der Waals surface area contributed by atoms with E-state index in [-0.39, 0.29) is 11.3 Å². The van der Waals surface area contributed by atoms with E-state index in [0.29, 0.717) is 29.8 Å². The number of carbonyl (C=O) groups is 1. The summed E-state index contributed by atoms with van der Waals surface area (Å²) >= 11 is 0. The Balaban J connectivity index is 2.08. The van der Waals surface area contributed by atoms with Crippen LogP contribution in [0.5, 0.6) is 11.5 Å². The summed E-state index contributed by atoms with van der Waals surface area (Å²) < 4.78 is 16.2. The Morgan fingerprint density at radius 2 is 1.97 bits per heavy atom. The molecule has 0 saturated carbocycles. The van der Waals surface area contributed by atoms with E-state index in [1.54, 1.807) is 31.4 Å². The number of rotatable bonds is 8. The normalized spacial score (nSPS) is 12.1. The second kappa shape index (κ2) is 8.94. The zero-order valence-electron chi connectivity index (χ0n) is 17.9. The van der Waals surface area contributed by atoms with E-state index in [9.17, 15) is 4.79 Å². The number of amides is 1. The van der Waals surface area contributed by atoms with Crippen LogP contribution in [0.4, 0.5) is 0 Å². The van der Waals surface area contributed by atoms with Gasteiger partial charge < -0.3 is 19.3 Å². The molecular weight excluding hydrogens is 370 g/mol. The Morgan fingerprint density at radius 1 is 1.24 bits per heavy atom. The monoisotopic (exact) mass is 399 g/mol. The summed E-state index contributed by atoms with van der Waals surface area (Å²) in [6.45, 7) is 13.6. The molecule has 0 atom stereocenters. The van der Waals surface area contributed by atoms with Gasteiger partial charge in [0.15, 0.2) is 17.3 Å². The van der Waals surface area contributed by atoms with Gasteiger partial charge in [-0.1, -0.05) is 44.6 Å². The SMILES string of the molecule is C=CCOc1ccc(/C=C/C(=O)NC(C)(C)c2noc(C(C)(C)C)n2)cc1OC. The van der Waals surface area contributed by atoms with E-state index in [1.165, 1.54) is 6.08 Å². The van der Waals surface area contributed by atoms with Crippen molar-refractivity contribution in [1.29, 1.82) is 0 Å². The van der Waals surface area contributed by atoms with Crippen molar-refractivity contribution in [2.45, 2.75) is 45.6 Å². The number of nitrogens with one attached hydrogen (secondary N) is 1. The van der Waals surface area contributed by atoms with E-state index in [1.807, 2.05) is 40.7 Å². The minimum Gasteiger partial charge on any atom is -0.493 e. The summed E-state index contributed by atoms with van der Waals surface area (Å²) in [7, 11) is 1.57. The van der Waals surface area contributed by atoms with Crippen LogP contribution in [-0.2, 0) is 15.7 Å². The molecule has 0 aliphatic carbocycles. The van der Waals surface area contributed by atoms with Gasteiger partial charge in [0, 0.05) is 11.5 Å². The molecule has 156 valence electrons. The molecule has 1 N–H and O–H groups in total. The highest BCUT2D eigenvalue weighted by Gasteiger charge is 2.30. The Bertz CT molecular complexity index is 892. The first-order chi connectivity index (χ1) is 13.6. The molecule has 0 aliphatic rings.